The number of nitrogens with one attached hydrogen (secondary N) is 1. The van der Waals surface area contributed by atoms with Crippen LogP contribution in [0.2, 0.25) is 0 Å². The first kappa shape index (κ1) is 16.8. The molecule has 5 nitrogen and oxygen atoms in total. The Morgan fingerprint density at radius 1 is 1.23 bits per heavy atom. The third-order valence-electron chi connectivity index (χ3n) is 4.28. The van der Waals surface area contributed by atoms with Gasteiger partial charge in [-0.05, 0) is 18.2 Å². The summed E-state index contributed by atoms with van der Waals surface area (Å²) in [6, 6.07) is 12.1. The zero-order chi connectivity index (χ0) is 17.9. The van der Waals surface area contributed by atoms with Crippen LogP contribution in [0.4, 0.5) is 9.52 Å². The molecule has 132 valence electrons. The van der Waals surface area contributed by atoms with Crippen molar-refractivity contribution in [3.05, 3.63) is 76.3 Å². The maximum absolute atomic E-state index is 13.9. The lowest BCUT2D eigenvalue weighted by molar-refractivity contribution is 0.102. The Morgan fingerprint density at radius 3 is 2.88 bits per heavy atom. The Morgan fingerprint density at radius 2 is 2.08 bits per heavy atom. The second-order valence-electron chi connectivity index (χ2n) is 6.11. The van der Waals surface area contributed by atoms with E-state index < -0.39 is 0 Å². The first-order valence-corrected chi connectivity index (χ1v) is 9.17. The van der Waals surface area contributed by atoms with Crippen LogP contribution in [0.5, 0.6) is 0 Å². The van der Waals surface area contributed by atoms with Gasteiger partial charge in [-0.2, -0.15) is 0 Å². The van der Waals surface area contributed by atoms with E-state index >= 15 is 0 Å². The SMILES string of the molecule is O=C(Nc1nc2c(s1)CN(Cc1ccccc1F)CC2)c1ccccn1. The molecule has 7 heteroatoms. The van der Waals surface area contributed by atoms with Gasteiger partial charge in [0.1, 0.15) is 11.5 Å². The van der Waals surface area contributed by atoms with E-state index in [4.69, 9.17) is 0 Å². The largest absolute Gasteiger partial charge is 0.296 e. The molecular formula is C19H17FN4OS. The van der Waals surface area contributed by atoms with Crippen LogP contribution < -0.4 is 5.32 Å². The third-order valence-corrected chi connectivity index (χ3v) is 5.28. The zero-order valence-corrected chi connectivity index (χ0v) is 14.8. The number of pyridine rings is 1. The van der Waals surface area contributed by atoms with Crippen molar-refractivity contribution < 1.29 is 9.18 Å². The Hall–Kier alpha value is -2.64. The highest BCUT2D eigenvalue weighted by atomic mass is 32.1. The van der Waals surface area contributed by atoms with Crippen molar-refractivity contribution in [2.24, 2.45) is 0 Å². The normalized spacial score (nSPS) is 14.0. The Bertz CT molecular complexity index is 928. The van der Waals surface area contributed by atoms with Gasteiger partial charge in [0, 0.05) is 42.7 Å². The lowest BCUT2D eigenvalue weighted by atomic mass is 10.1. The van der Waals surface area contributed by atoms with E-state index in [1.54, 1.807) is 30.5 Å². The topological polar surface area (TPSA) is 58.1 Å². The molecule has 26 heavy (non-hydrogen) atoms. The minimum atomic E-state index is -0.264. The molecule has 0 fully saturated rings. The molecule has 0 aliphatic carbocycles. The molecule has 4 rings (SSSR count). The van der Waals surface area contributed by atoms with Gasteiger partial charge in [0.25, 0.3) is 5.91 Å². The maximum atomic E-state index is 13.9. The van der Waals surface area contributed by atoms with E-state index in [0.717, 1.165) is 23.5 Å². The van der Waals surface area contributed by atoms with Gasteiger partial charge >= 0.3 is 0 Å². The number of nitrogens with zero attached hydrogens (tertiary/aromatic N) is 3. The van der Waals surface area contributed by atoms with Gasteiger partial charge in [0.2, 0.25) is 0 Å². The Kier molecular flexibility index (Phi) is 4.73. The van der Waals surface area contributed by atoms with E-state index in [0.29, 0.717) is 29.5 Å². The van der Waals surface area contributed by atoms with Crippen molar-refractivity contribution in [2.75, 3.05) is 11.9 Å². The monoisotopic (exact) mass is 368 g/mol. The van der Waals surface area contributed by atoms with E-state index in [1.807, 2.05) is 12.1 Å². The summed E-state index contributed by atoms with van der Waals surface area (Å²) in [7, 11) is 0. The standard InChI is InChI=1S/C19H17FN4OS/c20-14-6-2-1-5-13(14)11-24-10-8-15-17(12-24)26-19(22-15)23-18(25)16-7-3-4-9-21-16/h1-7,9H,8,10-12H2,(H,22,23,25). The molecule has 0 saturated heterocycles. The van der Waals surface area contributed by atoms with Gasteiger partial charge in [-0.15, -0.1) is 11.3 Å². The van der Waals surface area contributed by atoms with Crippen LogP contribution >= 0.6 is 11.3 Å². The van der Waals surface area contributed by atoms with Gasteiger partial charge < -0.3 is 0 Å². The quantitative estimate of drug-likeness (QED) is 0.766. The van der Waals surface area contributed by atoms with Crippen molar-refractivity contribution in [1.82, 2.24) is 14.9 Å². The second-order valence-corrected chi connectivity index (χ2v) is 7.19. The highest BCUT2D eigenvalue weighted by molar-refractivity contribution is 7.15. The van der Waals surface area contributed by atoms with Crippen molar-refractivity contribution in [3.63, 3.8) is 0 Å². The fraction of sp³-hybridized carbons (Fsp3) is 0.211. The number of fused-ring (bicyclic) bond motifs is 1. The molecule has 0 unspecified atom stereocenters. The van der Waals surface area contributed by atoms with Crippen LogP contribution in [-0.2, 0) is 19.5 Å². The van der Waals surface area contributed by atoms with Crippen molar-refractivity contribution in [1.29, 1.82) is 0 Å². The molecule has 3 heterocycles. The Labute approximate surface area is 154 Å². The molecule has 3 aromatic rings. The molecule has 1 aliphatic heterocycles. The summed E-state index contributed by atoms with van der Waals surface area (Å²) in [6.45, 7) is 2.10. The summed E-state index contributed by atoms with van der Waals surface area (Å²) in [4.78, 5) is 24.1. The van der Waals surface area contributed by atoms with Crippen LogP contribution in [0.25, 0.3) is 0 Å². The van der Waals surface area contributed by atoms with Gasteiger partial charge in [-0.3, -0.25) is 20.0 Å². The minimum absolute atomic E-state index is 0.175. The molecule has 0 atom stereocenters. The summed E-state index contributed by atoms with van der Waals surface area (Å²) in [5, 5.41) is 3.40. The fourth-order valence-corrected chi connectivity index (χ4v) is 4.01. The average molecular weight is 368 g/mol. The molecule has 0 bridgehead atoms. The smallest absolute Gasteiger partial charge is 0.276 e. The first-order chi connectivity index (χ1) is 12.7. The van der Waals surface area contributed by atoms with Crippen LogP contribution in [-0.4, -0.2) is 27.3 Å². The molecule has 1 N–H and O–H groups in total. The van der Waals surface area contributed by atoms with E-state index in [2.05, 4.69) is 20.2 Å². The average Bonchev–Trinajstić information content (AvgIpc) is 3.06. The highest BCUT2D eigenvalue weighted by Crippen LogP contribution is 2.29. The number of aromatic nitrogens is 2. The first-order valence-electron chi connectivity index (χ1n) is 8.36. The number of anilines is 1. The summed E-state index contributed by atoms with van der Waals surface area (Å²) < 4.78 is 13.9. The van der Waals surface area contributed by atoms with Gasteiger partial charge in [-0.1, -0.05) is 24.3 Å². The van der Waals surface area contributed by atoms with Gasteiger partial charge in [0.05, 0.1) is 5.69 Å². The van der Waals surface area contributed by atoms with Gasteiger partial charge in [-0.25, -0.2) is 9.37 Å². The lowest BCUT2D eigenvalue weighted by Crippen LogP contribution is -2.29. The predicted molar refractivity (Wildman–Crippen MR) is 98.5 cm³/mol. The van der Waals surface area contributed by atoms with E-state index in [9.17, 15) is 9.18 Å². The molecule has 0 radical (unpaired) electrons. The van der Waals surface area contributed by atoms with E-state index in [1.165, 1.54) is 17.4 Å². The summed E-state index contributed by atoms with van der Waals surface area (Å²) in [5.41, 5.74) is 2.07. The van der Waals surface area contributed by atoms with Crippen LogP contribution in [0.3, 0.4) is 0 Å². The summed E-state index contributed by atoms with van der Waals surface area (Å²) >= 11 is 1.47. The third kappa shape index (κ3) is 3.63. The number of hydrogen-bond acceptors (Lipinski definition) is 5. The van der Waals surface area contributed by atoms with Crippen LogP contribution in [0, 0.1) is 5.82 Å². The van der Waals surface area contributed by atoms with Crippen LogP contribution in [0.15, 0.2) is 48.7 Å². The van der Waals surface area contributed by atoms with Crippen LogP contribution in [0.1, 0.15) is 26.6 Å². The molecule has 0 spiro atoms. The number of carbonyl (C=O) groups excluding carboxylic acids is 1. The number of halogens is 1. The zero-order valence-electron chi connectivity index (χ0n) is 14.0. The number of hydrogen-bond donors (Lipinski definition) is 1. The number of rotatable bonds is 4. The lowest BCUT2D eigenvalue weighted by Gasteiger charge is -2.25. The van der Waals surface area contributed by atoms with Gasteiger partial charge in [0.15, 0.2) is 5.13 Å². The number of amides is 1. The fourth-order valence-electron chi connectivity index (χ4n) is 2.96. The van der Waals surface area contributed by atoms with Crippen molar-refractivity contribution >= 4 is 22.4 Å². The molecule has 1 aliphatic rings. The molecule has 1 amide bonds. The summed E-state index contributed by atoms with van der Waals surface area (Å²) in [6.07, 6.45) is 2.38. The molecule has 0 saturated carbocycles. The molecule has 2 aromatic heterocycles. The second kappa shape index (κ2) is 7.31. The van der Waals surface area contributed by atoms with Crippen molar-refractivity contribution in [3.8, 4) is 0 Å². The number of thiazole rings is 1. The van der Waals surface area contributed by atoms with E-state index in [-0.39, 0.29) is 11.7 Å². The van der Waals surface area contributed by atoms with Crippen molar-refractivity contribution in [2.45, 2.75) is 19.5 Å². The predicted octanol–water partition coefficient (Wildman–Crippen LogP) is 3.49. The molecular weight excluding hydrogens is 351 g/mol. The number of benzene rings is 1. The number of carbonyl (C=O) groups is 1. The summed E-state index contributed by atoms with van der Waals surface area (Å²) in [5.74, 6) is -0.439. The molecule has 1 aromatic carbocycles. The maximum Gasteiger partial charge on any atom is 0.276 e. The Balaban J connectivity index is 1.44. The minimum Gasteiger partial charge on any atom is -0.296 e. The highest BCUT2D eigenvalue weighted by Gasteiger charge is 2.22.